The van der Waals surface area contributed by atoms with E-state index in [2.05, 4.69) is 9.97 Å². The van der Waals surface area contributed by atoms with Crippen LogP contribution in [0.25, 0.3) is 11.6 Å². The summed E-state index contributed by atoms with van der Waals surface area (Å²) in [5.74, 6) is -0.276. The highest BCUT2D eigenvalue weighted by atomic mass is 35.5. The van der Waals surface area contributed by atoms with Crippen LogP contribution in [0.3, 0.4) is 0 Å². The molecule has 0 amide bonds. The van der Waals surface area contributed by atoms with Crippen LogP contribution in [0.2, 0.25) is 4.34 Å². The first kappa shape index (κ1) is 15.5. The van der Waals surface area contributed by atoms with E-state index >= 15 is 0 Å². The summed E-state index contributed by atoms with van der Waals surface area (Å²) in [7, 11) is 0. The van der Waals surface area contributed by atoms with E-state index in [-0.39, 0.29) is 12.2 Å². The number of esters is 1. The van der Waals surface area contributed by atoms with Gasteiger partial charge in [0.25, 0.3) is 5.56 Å². The van der Waals surface area contributed by atoms with Crippen LogP contribution in [0.1, 0.15) is 34.9 Å². The Balaban J connectivity index is 2.29. The minimum atomic E-state index is -0.676. The summed E-state index contributed by atoms with van der Waals surface area (Å²) >= 11 is 7.29. The fourth-order valence-corrected chi connectivity index (χ4v) is 2.70. The van der Waals surface area contributed by atoms with Gasteiger partial charge in [-0.25, -0.2) is 9.78 Å². The fourth-order valence-electron chi connectivity index (χ4n) is 1.64. The first-order chi connectivity index (χ1) is 10.0. The number of carbonyl (C=O) groups excluding carboxylic acids is 1. The minimum Gasteiger partial charge on any atom is -0.462 e. The maximum atomic E-state index is 11.9. The zero-order chi connectivity index (χ0) is 15.4. The summed E-state index contributed by atoms with van der Waals surface area (Å²) in [5.41, 5.74) is 0.143. The molecule has 21 heavy (non-hydrogen) atoms. The van der Waals surface area contributed by atoms with E-state index in [9.17, 15) is 9.59 Å². The van der Waals surface area contributed by atoms with Crippen LogP contribution in [0.4, 0.5) is 0 Å². The SMILES string of the molecule is CCOC(=O)c1cnc(C(C)=Cc2ccc(Cl)s2)[nH]c1=O. The molecule has 0 aromatic carbocycles. The van der Waals surface area contributed by atoms with Gasteiger partial charge in [-0.15, -0.1) is 11.3 Å². The van der Waals surface area contributed by atoms with E-state index in [4.69, 9.17) is 16.3 Å². The van der Waals surface area contributed by atoms with E-state index < -0.39 is 11.5 Å². The number of allylic oxidation sites excluding steroid dienone is 1. The van der Waals surface area contributed by atoms with Crippen molar-refractivity contribution in [1.82, 2.24) is 9.97 Å². The number of carbonyl (C=O) groups is 1. The van der Waals surface area contributed by atoms with E-state index in [0.717, 1.165) is 10.5 Å². The molecule has 2 aromatic heterocycles. The summed E-state index contributed by atoms with van der Waals surface area (Å²) in [4.78, 5) is 31.0. The van der Waals surface area contributed by atoms with Crippen molar-refractivity contribution in [2.45, 2.75) is 13.8 Å². The zero-order valence-corrected chi connectivity index (χ0v) is 13.0. The molecule has 2 rings (SSSR count). The van der Waals surface area contributed by atoms with Gasteiger partial charge in [0.1, 0.15) is 11.4 Å². The molecule has 0 aliphatic heterocycles. The predicted molar refractivity (Wildman–Crippen MR) is 83.7 cm³/mol. The molecule has 0 fully saturated rings. The van der Waals surface area contributed by atoms with E-state index in [1.165, 1.54) is 17.5 Å². The van der Waals surface area contributed by atoms with Gasteiger partial charge in [-0.1, -0.05) is 11.6 Å². The highest BCUT2D eigenvalue weighted by Gasteiger charge is 2.13. The summed E-state index contributed by atoms with van der Waals surface area (Å²) < 4.78 is 5.47. The molecule has 0 spiro atoms. The van der Waals surface area contributed by atoms with Crippen molar-refractivity contribution in [2.24, 2.45) is 0 Å². The molecular formula is C14H13ClN2O3S. The van der Waals surface area contributed by atoms with Crippen LogP contribution < -0.4 is 5.56 Å². The molecule has 0 bridgehead atoms. The standard InChI is InChI=1S/C14H13ClN2O3S/c1-3-20-14(19)10-7-16-12(17-13(10)18)8(2)6-9-4-5-11(15)21-9/h4-7H,3H2,1-2H3,(H,16,17,18). The second kappa shape index (κ2) is 6.69. The number of nitrogens with one attached hydrogen (secondary N) is 1. The first-order valence-corrected chi connectivity index (χ1v) is 7.41. The third-order valence-electron chi connectivity index (χ3n) is 2.62. The number of aromatic amines is 1. The maximum absolute atomic E-state index is 11.9. The molecule has 0 radical (unpaired) electrons. The van der Waals surface area contributed by atoms with Crippen molar-refractivity contribution in [3.63, 3.8) is 0 Å². The van der Waals surface area contributed by atoms with E-state index in [1.807, 2.05) is 19.1 Å². The predicted octanol–water partition coefficient (Wildman–Crippen LogP) is 3.22. The summed E-state index contributed by atoms with van der Waals surface area (Å²) in [5, 5.41) is 0. The molecule has 0 saturated carbocycles. The highest BCUT2D eigenvalue weighted by molar-refractivity contribution is 7.17. The number of rotatable bonds is 4. The summed E-state index contributed by atoms with van der Waals surface area (Å²) in [6, 6.07) is 3.67. The monoisotopic (exact) mass is 324 g/mol. The Morgan fingerprint density at radius 1 is 1.52 bits per heavy atom. The molecule has 0 unspecified atom stereocenters. The Kier molecular flexibility index (Phi) is 4.93. The van der Waals surface area contributed by atoms with Crippen LogP contribution in [0, 0.1) is 0 Å². The minimum absolute atomic E-state index is 0.104. The fraction of sp³-hybridized carbons (Fsp3) is 0.214. The molecule has 7 heteroatoms. The number of ether oxygens (including phenoxy) is 1. The second-order valence-corrected chi connectivity index (χ2v) is 5.91. The van der Waals surface area contributed by atoms with Crippen LogP contribution in [-0.4, -0.2) is 22.5 Å². The van der Waals surface area contributed by atoms with Gasteiger partial charge < -0.3 is 9.72 Å². The van der Waals surface area contributed by atoms with Crippen molar-refractivity contribution in [3.8, 4) is 0 Å². The maximum Gasteiger partial charge on any atom is 0.345 e. The Morgan fingerprint density at radius 2 is 2.29 bits per heavy atom. The quantitative estimate of drug-likeness (QED) is 0.876. The highest BCUT2D eigenvalue weighted by Crippen LogP contribution is 2.24. The lowest BCUT2D eigenvalue weighted by molar-refractivity contribution is 0.0523. The number of halogens is 1. The molecule has 0 aliphatic rings. The topological polar surface area (TPSA) is 72.0 Å². The molecule has 5 nitrogen and oxygen atoms in total. The molecule has 110 valence electrons. The molecule has 0 atom stereocenters. The third-order valence-corrected chi connectivity index (χ3v) is 3.80. The van der Waals surface area contributed by atoms with Gasteiger partial charge in [0, 0.05) is 11.1 Å². The number of thiophene rings is 1. The van der Waals surface area contributed by atoms with E-state index in [0.29, 0.717) is 10.2 Å². The van der Waals surface area contributed by atoms with Gasteiger partial charge in [0.15, 0.2) is 0 Å². The van der Waals surface area contributed by atoms with Gasteiger partial charge in [0.2, 0.25) is 0 Å². The Bertz CT molecular complexity index is 749. The van der Waals surface area contributed by atoms with Crippen molar-refractivity contribution in [1.29, 1.82) is 0 Å². The van der Waals surface area contributed by atoms with Gasteiger partial charge in [-0.05, 0) is 37.6 Å². The summed E-state index contributed by atoms with van der Waals surface area (Å²) in [6.07, 6.45) is 3.09. The normalized spacial score (nSPS) is 11.5. The van der Waals surface area contributed by atoms with Crippen LogP contribution in [-0.2, 0) is 4.74 Å². The lowest BCUT2D eigenvalue weighted by Crippen LogP contribution is -2.21. The zero-order valence-electron chi connectivity index (χ0n) is 11.5. The Labute approximate surface area is 130 Å². The largest absolute Gasteiger partial charge is 0.462 e. The van der Waals surface area contributed by atoms with Crippen LogP contribution in [0.15, 0.2) is 23.1 Å². The van der Waals surface area contributed by atoms with Gasteiger partial charge >= 0.3 is 5.97 Å². The molecule has 0 aliphatic carbocycles. The van der Waals surface area contributed by atoms with Gasteiger partial charge in [-0.3, -0.25) is 4.79 Å². The lowest BCUT2D eigenvalue weighted by atomic mass is 10.2. The second-order valence-electron chi connectivity index (χ2n) is 4.16. The van der Waals surface area contributed by atoms with Crippen LogP contribution >= 0.6 is 22.9 Å². The van der Waals surface area contributed by atoms with Gasteiger partial charge in [0.05, 0.1) is 10.9 Å². The smallest absolute Gasteiger partial charge is 0.345 e. The molecule has 1 N–H and O–H groups in total. The Morgan fingerprint density at radius 3 is 2.86 bits per heavy atom. The van der Waals surface area contributed by atoms with Crippen LogP contribution in [0.5, 0.6) is 0 Å². The molecular weight excluding hydrogens is 312 g/mol. The summed E-state index contributed by atoms with van der Waals surface area (Å²) in [6.45, 7) is 3.70. The number of nitrogens with zero attached hydrogens (tertiary/aromatic N) is 1. The van der Waals surface area contributed by atoms with Crippen molar-refractivity contribution in [3.05, 3.63) is 49.3 Å². The van der Waals surface area contributed by atoms with Gasteiger partial charge in [-0.2, -0.15) is 0 Å². The molecule has 2 heterocycles. The lowest BCUT2D eigenvalue weighted by Gasteiger charge is -2.03. The number of hydrogen-bond donors (Lipinski definition) is 1. The van der Waals surface area contributed by atoms with Crippen molar-refractivity contribution >= 4 is 40.6 Å². The number of hydrogen-bond acceptors (Lipinski definition) is 5. The van der Waals surface area contributed by atoms with Crippen molar-refractivity contribution in [2.75, 3.05) is 6.61 Å². The average Bonchev–Trinajstić information content (AvgIpc) is 2.84. The number of aromatic nitrogens is 2. The average molecular weight is 325 g/mol. The first-order valence-electron chi connectivity index (χ1n) is 6.21. The third kappa shape index (κ3) is 3.80. The number of H-pyrrole nitrogens is 1. The van der Waals surface area contributed by atoms with E-state index in [1.54, 1.807) is 13.0 Å². The molecule has 0 saturated heterocycles. The molecule has 2 aromatic rings. The van der Waals surface area contributed by atoms with Crippen molar-refractivity contribution < 1.29 is 9.53 Å². The Hall–Kier alpha value is -1.92.